The predicted molar refractivity (Wildman–Crippen MR) is 96.6 cm³/mol. The topological polar surface area (TPSA) is 122 Å². The van der Waals surface area contributed by atoms with Gasteiger partial charge < -0.3 is 15.2 Å². The Balaban J connectivity index is 2.05. The van der Waals surface area contributed by atoms with E-state index >= 15 is 0 Å². The molecule has 0 spiro atoms. The first-order valence-electron chi connectivity index (χ1n) is 8.48. The Kier molecular flexibility index (Phi) is 6.60. The summed E-state index contributed by atoms with van der Waals surface area (Å²) in [5.41, 5.74) is -0.478. The molecule has 1 fully saturated rings. The maximum atomic E-state index is 12.4. The Morgan fingerprint density at radius 2 is 1.96 bits per heavy atom. The molecule has 0 radical (unpaired) electrons. The highest BCUT2D eigenvalue weighted by molar-refractivity contribution is 7.92. The molecule has 144 valence electrons. The van der Waals surface area contributed by atoms with Gasteiger partial charge in [-0.15, -0.1) is 0 Å². The van der Waals surface area contributed by atoms with Crippen molar-refractivity contribution in [2.45, 2.75) is 26.2 Å². The van der Waals surface area contributed by atoms with E-state index < -0.39 is 27.3 Å². The lowest BCUT2D eigenvalue weighted by Gasteiger charge is -2.33. The summed E-state index contributed by atoms with van der Waals surface area (Å²) in [6.45, 7) is 2.45. The summed E-state index contributed by atoms with van der Waals surface area (Å²) in [4.78, 5) is 24.0. The smallest absolute Gasteiger partial charge is 0.311 e. The molecule has 1 amide bonds. The van der Waals surface area contributed by atoms with Crippen molar-refractivity contribution in [2.24, 2.45) is 5.41 Å². The van der Waals surface area contributed by atoms with Crippen molar-refractivity contribution in [3.05, 3.63) is 29.8 Å². The second-order valence-electron chi connectivity index (χ2n) is 6.38. The third-order valence-corrected chi connectivity index (χ3v) is 5.85. The van der Waals surface area contributed by atoms with Crippen LogP contribution in [-0.2, 0) is 19.6 Å². The Bertz CT molecular complexity index is 756. The highest BCUT2D eigenvalue weighted by Crippen LogP contribution is 2.30. The molecule has 1 saturated heterocycles. The fourth-order valence-electron chi connectivity index (χ4n) is 2.80. The molecule has 1 aromatic carbocycles. The van der Waals surface area contributed by atoms with Gasteiger partial charge in [0.1, 0.15) is 0 Å². The van der Waals surface area contributed by atoms with Crippen LogP contribution in [0.4, 0.5) is 5.69 Å². The van der Waals surface area contributed by atoms with E-state index in [9.17, 15) is 23.1 Å². The number of amides is 1. The van der Waals surface area contributed by atoms with Crippen molar-refractivity contribution in [3.8, 4) is 0 Å². The molecule has 0 unspecified atom stereocenters. The predicted octanol–water partition coefficient (Wildman–Crippen LogP) is 1.45. The van der Waals surface area contributed by atoms with Crippen molar-refractivity contribution in [1.29, 1.82) is 0 Å². The second kappa shape index (κ2) is 8.50. The number of carboxylic acids is 1. The molecular formula is C17H24N2O6S. The van der Waals surface area contributed by atoms with Gasteiger partial charge in [0, 0.05) is 31.0 Å². The van der Waals surface area contributed by atoms with Crippen LogP contribution in [0.3, 0.4) is 0 Å². The number of hydrogen-bond acceptors (Lipinski definition) is 5. The molecule has 2 rings (SSSR count). The van der Waals surface area contributed by atoms with E-state index in [2.05, 4.69) is 10.0 Å². The van der Waals surface area contributed by atoms with Crippen LogP contribution >= 0.6 is 0 Å². The van der Waals surface area contributed by atoms with Crippen molar-refractivity contribution in [1.82, 2.24) is 5.32 Å². The zero-order valence-corrected chi connectivity index (χ0v) is 15.5. The van der Waals surface area contributed by atoms with E-state index in [4.69, 9.17) is 4.74 Å². The van der Waals surface area contributed by atoms with E-state index in [-0.39, 0.29) is 17.9 Å². The number of benzene rings is 1. The summed E-state index contributed by atoms with van der Waals surface area (Å²) >= 11 is 0. The number of sulfonamides is 1. The van der Waals surface area contributed by atoms with Crippen LogP contribution in [0.15, 0.2) is 24.3 Å². The normalized spacial score (nSPS) is 16.7. The fourth-order valence-corrected chi connectivity index (χ4v) is 3.93. The van der Waals surface area contributed by atoms with Crippen LogP contribution in [0.1, 0.15) is 36.5 Å². The molecule has 1 aromatic rings. The average Bonchev–Trinajstić information content (AvgIpc) is 2.60. The number of hydrogen-bond donors (Lipinski definition) is 3. The molecule has 1 aliphatic rings. The van der Waals surface area contributed by atoms with Crippen molar-refractivity contribution >= 4 is 27.6 Å². The Labute approximate surface area is 153 Å². The lowest BCUT2D eigenvalue weighted by Crippen LogP contribution is -2.46. The number of rotatable bonds is 8. The van der Waals surface area contributed by atoms with Crippen LogP contribution in [0.5, 0.6) is 0 Å². The number of carbonyl (C=O) groups excluding carboxylic acids is 1. The second-order valence-corrected chi connectivity index (χ2v) is 8.22. The third kappa shape index (κ3) is 5.18. The minimum absolute atomic E-state index is 0.00365. The zero-order valence-electron chi connectivity index (χ0n) is 14.7. The van der Waals surface area contributed by atoms with Gasteiger partial charge in [-0.1, -0.05) is 13.0 Å². The number of aliphatic carboxylic acids is 1. The van der Waals surface area contributed by atoms with E-state index in [0.717, 1.165) is 0 Å². The van der Waals surface area contributed by atoms with Crippen LogP contribution in [0.2, 0.25) is 0 Å². The molecule has 9 heteroatoms. The molecule has 1 aliphatic heterocycles. The summed E-state index contributed by atoms with van der Waals surface area (Å²) in [6, 6.07) is 6.10. The monoisotopic (exact) mass is 384 g/mol. The summed E-state index contributed by atoms with van der Waals surface area (Å²) in [5.74, 6) is -1.41. The quantitative estimate of drug-likeness (QED) is 0.624. The summed E-state index contributed by atoms with van der Waals surface area (Å²) in [6.07, 6.45) is 1.15. The average molecular weight is 384 g/mol. The first-order chi connectivity index (χ1) is 12.3. The first-order valence-corrected chi connectivity index (χ1v) is 10.1. The molecule has 1 heterocycles. The van der Waals surface area contributed by atoms with Crippen molar-refractivity contribution in [2.75, 3.05) is 30.2 Å². The van der Waals surface area contributed by atoms with E-state index in [1.165, 1.54) is 6.07 Å². The highest BCUT2D eigenvalue weighted by atomic mass is 32.2. The summed E-state index contributed by atoms with van der Waals surface area (Å²) < 4.78 is 31.3. The van der Waals surface area contributed by atoms with Crippen molar-refractivity contribution < 1.29 is 27.9 Å². The largest absolute Gasteiger partial charge is 0.481 e. The SMILES string of the molecule is CCCS(=O)(=O)Nc1cccc(C(=O)NCC2(C(=O)O)CCOCC2)c1. The van der Waals surface area contributed by atoms with Gasteiger partial charge in [-0.05, 0) is 37.5 Å². The molecule has 8 nitrogen and oxygen atoms in total. The van der Waals surface area contributed by atoms with Gasteiger partial charge >= 0.3 is 5.97 Å². The van der Waals surface area contributed by atoms with Gasteiger partial charge in [-0.2, -0.15) is 0 Å². The molecular weight excluding hydrogens is 360 g/mol. The Morgan fingerprint density at radius 1 is 1.27 bits per heavy atom. The minimum Gasteiger partial charge on any atom is -0.481 e. The lowest BCUT2D eigenvalue weighted by atomic mass is 9.80. The standard InChI is InChI=1S/C17H24N2O6S/c1-2-10-26(23,24)19-14-5-3-4-13(11-14)15(20)18-12-17(16(21)22)6-8-25-9-7-17/h3-5,11,19H,2,6-10,12H2,1H3,(H,18,20)(H,21,22). The Hall–Kier alpha value is -2.13. The minimum atomic E-state index is -3.45. The molecule has 0 saturated carbocycles. The molecule has 0 aliphatic carbocycles. The maximum absolute atomic E-state index is 12.4. The van der Waals surface area contributed by atoms with Gasteiger partial charge in [0.25, 0.3) is 5.91 Å². The zero-order chi connectivity index (χ0) is 19.2. The van der Waals surface area contributed by atoms with E-state index in [1.54, 1.807) is 25.1 Å². The van der Waals surface area contributed by atoms with E-state index in [1.807, 2.05) is 0 Å². The number of ether oxygens (including phenoxy) is 1. The van der Waals surface area contributed by atoms with E-state index in [0.29, 0.717) is 38.2 Å². The fraction of sp³-hybridized carbons (Fsp3) is 0.529. The maximum Gasteiger partial charge on any atom is 0.311 e. The Morgan fingerprint density at radius 3 is 2.58 bits per heavy atom. The first kappa shape index (κ1) is 20.2. The molecule has 0 atom stereocenters. The highest BCUT2D eigenvalue weighted by Gasteiger charge is 2.40. The number of carbonyl (C=O) groups is 2. The van der Waals surface area contributed by atoms with Crippen LogP contribution in [-0.4, -0.2) is 50.9 Å². The van der Waals surface area contributed by atoms with Gasteiger partial charge in [0.15, 0.2) is 0 Å². The molecule has 0 aromatic heterocycles. The number of anilines is 1. The van der Waals surface area contributed by atoms with Gasteiger partial charge in [0.05, 0.1) is 11.2 Å². The van der Waals surface area contributed by atoms with Gasteiger partial charge in [-0.25, -0.2) is 8.42 Å². The number of carboxylic acid groups (broad SMARTS) is 1. The summed E-state index contributed by atoms with van der Waals surface area (Å²) in [7, 11) is -3.45. The summed E-state index contributed by atoms with van der Waals surface area (Å²) in [5, 5.41) is 12.2. The molecule has 3 N–H and O–H groups in total. The van der Waals surface area contributed by atoms with Crippen LogP contribution in [0.25, 0.3) is 0 Å². The molecule has 26 heavy (non-hydrogen) atoms. The van der Waals surface area contributed by atoms with Crippen molar-refractivity contribution in [3.63, 3.8) is 0 Å². The third-order valence-electron chi connectivity index (χ3n) is 4.36. The van der Waals surface area contributed by atoms with Crippen LogP contribution < -0.4 is 10.0 Å². The van der Waals surface area contributed by atoms with Gasteiger partial charge in [0.2, 0.25) is 10.0 Å². The molecule has 0 bridgehead atoms. The number of nitrogens with one attached hydrogen (secondary N) is 2. The van der Waals surface area contributed by atoms with Crippen LogP contribution in [0, 0.1) is 5.41 Å². The lowest BCUT2D eigenvalue weighted by molar-refractivity contribution is -0.154. The van der Waals surface area contributed by atoms with Gasteiger partial charge in [-0.3, -0.25) is 14.3 Å².